The highest BCUT2D eigenvalue weighted by Crippen LogP contribution is 2.30. The summed E-state index contributed by atoms with van der Waals surface area (Å²) in [5, 5.41) is 12.6. The number of fused-ring (bicyclic) bond motifs is 3. The molecule has 1 unspecified atom stereocenters. The van der Waals surface area contributed by atoms with Gasteiger partial charge in [-0.1, -0.05) is 12.1 Å². The molecule has 2 bridgehead atoms. The number of rotatable bonds is 3. The maximum Gasteiger partial charge on any atom is 0.337 e. The molecule has 3 fully saturated rings. The zero-order chi connectivity index (χ0) is 12.5. The molecule has 4 rings (SSSR count). The molecule has 4 heteroatoms. The molecule has 1 aromatic carbocycles. The molecule has 3 aliphatic rings. The Bertz CT molecular complexity index is 453. The summed E-state index contributed by atoms with van der Waals surface area (Å²) in [6, 6.07) is 7.57. The number of hydrogen-bond donors (Lipinski definition) is 2. The average Bonchev–Trinajstić information content (AvgIpc) is 2.40. The topological polar surface area (TPSA) is 52.6 Å². The van der Waals surface area contributed by atoms with Crippen LogP contribution in [-0.2, 0) is 0 Å². The van der Waals surface area contributed by atoms with E-state index in [1.54, 1.807) is 12.1 Å². The van der Waals surface area contributed by atoms with Crippen LogP contribution in [0.1, 0.15) is 23.2 Å². The first-order valence-electron chi connectivity index (χ1n) is 6.55. The molecule has 0 spiro atoms. The molecule has 1 aromatic rings. The van der Waals surface area contributed by atoms with Crippen molar-refractivity contribution in [1.82, 2.24) is 4.90 Å². The van der Waals surface area contributed by atoms with Gasteiger partial charge < -0.3 is 15.3 Å². The van der Waals surface area contributed by atoms with E-state index >= 15 is 0 Å². The lowest BCUT2D eigenvalue weighted by Gasteiger charge is -2.45. The van der Waals surface area contributed by atoms with Gasteiger partial charge in [0.15, 0.2) is 0 Å². The predicted molar refractivity (Wildman–Crippen MR) is 70.0 cm³/mol. The fraction of sp³-hybridized carbons (Fsp3) is 0.500. The van der Waals surface area contributed by atoms with E-state index in [2.05, 4.69) is 10.2 Å². The van der Waals surface area contributed by atoms with Crippen LogP contribution in [0.25, 0.3) is 0 Å². The minimum atomic E-state index is -0.862. The van der Waals surface area contributed by atoms with Crippen molar-refractivity contribution < 1.29 is 9.90 Å². The lowest BCUT2D eigenvalue weighted by Crippen LogP contribution is -2.53. The second kappa shape index (κ2) is 4.61. The monoisotopic (exact) mass is 246 g/mol. The Kier molecular flexibility index (Phi) is 2.96. The van der Waals surface area contributed by atoms with Crippen LogP contribution < -0.4 is 5.32 Å². The van der Waals surface area contributed by atoms with Gasteiger partial charge in [-0.15, -0.1) is 0 Å². The highest BCUT2D eigenvalue weighted by atomic mass is 16.4. The van der Waals surface area contributed by atoms with Gasteiger partial charge in [-0.2, -0.15) is 0 Å². The third-order valence-corrected chi connectivity index (χ3v) is 4.15. The van der Waals surface area contributed by atoms with Gasteiger partial charge in [-0.25, -0.2) is 4.79 Å². The second-order valence-corrected chi connectivity index (χ2v) is 5.24. The minimum Gasteiger partial charge on any atom is -0.478 e. The van der Waals surface area contributed by atoms with E-state index < -0.39 is 5.97 Å². The molecular weight excluding hydrogens is 228 g/mol. The molecule has 1 atom stereocenters. The summed E-state index contributed by atoms with van der Waals surface area (Å²) in [6.45, 7) is 3.44. The normalized spacial score (nSPS) is 30.1. The van der Waals surface area contributed by atoms with Crippen LogP contribution in [0.2, 0.25) is 0 Å². The summed E-state index contributed by atoms with van der Waals surface area (Å²) in [6.07, 6.45) is 2.46. The maximum atomic E-state index is 11.2. The second-order valence-electron chi connectivity index (χ2n) is 5.24. The summed E-state index contributed by atoms with van der Waals surface area (Å²) in [7, 11) is 0. The fourth-order valence-electron chi connectivity index (χ4n) is 3.12. The van der Waals surface area contributed by atoms with Gasteiger partial charge in [0, 0.05) is 18.3 Å². The number of carboxylic acids is 1. The molecule has 4 nitrogen and oxygen atoms in total. The number of anilines is 1. The van der Waals surface area contributed by atoms with Crippen LogP contribution in [-0.4, -0.2) is 41.7 Å². The number of nitrogens with one attached hydrogen (secondary N) is 1. The Morgan fingerprint density at radius 1 is 1.28 bits per heavy atom. The molecule has 3 saturated heterocycles. The predicted octanol–water partition coefficient (Wildman–Crippen LogP) is 1.89. The quantitative estimate of drug-likeness (QED) is 0.855. The third kappa shape index (κ3) is 2.08. The number of aromatic carboxylic acids is 1. The highest BCUT2D eigenvalue weighted by molar-refractivity contribution is 5.94. The molecule has 0 radical (unpaired) electrons. The number of carboxylic acid groups (broad SMARTS) is 1. The van der Waals surface area contributed by atoms with Gasteiger partial charge in [0.25, 0.3) is 0 Å². The summed E-state index contributed by atoms with van der Waals surface area (Å²) in [4.78, 5) is 13.6. The van der Waals surface area contributed by atoms with Crippen LogP contribution in [0.15, 0.2) is 24.3 Å². The van der Waals surface area contributed by atoms with Gasteiger partial charge in [0.2, 0.25) is 0 Å². The molecule has 96 valence electrons. The number of piperidine rings is 3. The Balaban J connectivity index is 1.78. The van der Waals surface area contributed by atoms with E-state index in [4.69, 9.17) is 0 Å². The molecule has 18 heavy (non-hydrogen) atoms. The average molecular weight is 246 g/mol. The van der Waals surface area contributed by atoms with Gasteiger partial charge >= 0.3 is 5.97 Å². The lowest BCUT2D eigenvalue weighted by atomic mass is 9.84. The van der Waals surface area contributed by atoms with E-state index in [-0.39, 0.29) is 0 Å². The standard InChI is InChI=1S/C14H18N2O2/c17-14(18)11-3-1-2-4-12(11)15-13-9-16-7-5-10(13)6-8-16/h1-4,10,13,15H,5-9H2,(H,17,18). The maximum absolute atomic E-state index is 11.2. The number of nitrogens with zero attached hydrogens (tertiary/aromatic N) is 1. The summed E-state index contributed by atoms with van der Waals surface area (Å²) in [5.41, 5.74) is 1.12. The first-order chi connectivity index (χ1) is 8.74. The molecule has 3 heterocycles. The van der Waals surface area contributed by atoms with Crippen LogP contribution in [0.3, 0.4) is 0 Å². The van der Waals surface area contributed by atoms with Gasteiger partial charge in [0.1, 0.15) is 0 Å². The largest absolute Gasteiger partial charge is 0.478 e. The van der Waals surface area contributed by atoms with E-state index in [1.807, 2.05) is 12.1 Å². The van der Waals surface area contributed by atoms with Gasteiger partial charge in [-0.3, -0.25) is 0 Å². The Labute approximate surface area is 107 Å². The number of hydrogen-bond acceptors (Lipinski definition) is 3. The zero-order valence-corrected chi connectivity index (χ0v) is 10.3. The van der Waals surface area contributed by atoms with Crippen molar-refractivity contribution in [2.24, 2.45) is 5.92 Å². The van der Waals surface area contributed by atoms with Crippen LogP contribution >= 0.6 is 0 Å². The summed E-state index contributed by atoms with van der Waals surface area (Å²) >= 11 is 0. The summed E-state index contributed by atoms with van der Waals surface area (Å²) in [5.74, 6) is -0.170. The zero-order valence-electron chi connectivity index (χ0n) is 10.3. The van der Waals surface area contributed by atoms with Crippen molar-refractivity contribution >= 4 is 11.7 Å². The first kappa shape index (κ1) is 11.5. The van der Waals surface area contributed by atoms with E-state index in [0.717, 1.165) is 12.2 Å². The summed E-state index contributed by atoms with van der Waals surface area (Å²) < 4.78 is 0. The highest BCUT2D eigenvalue weighted by Gasteiger charge is 2.34. The van der Waals surface area contributed by atoms with Crippen LogP contribution in [0.5, 0.6) is 0 Å². The minimum absolute atomic E-state index is 0.369. The van der Waals surface area contributed by atoms with Crippen molar-refractivity contribution in [3.05, 3.63) is 29.8 Å². The lowest BCUT2D eigenvalue weighted by molar-refractivity contribution is 0.0697. The third-order valence-electron chi connectivity index (χ3n) is 4.15. The van der Waals surface area contributed by atoms with Crippen molar-refractivity contribution in [2.75, 3.05) is 25.0 Å². The van der Waals surface area contributed by atoms with Crippen molar-refractivity contribution in [1.29, 1.82) is 0 Å². The van der Waals surface area contributed by atoms with Crippen molar-refractivity contribution in [3.63, 3.8) is 0 Å². The Morgan fingerprint density at radius 3 is 2.61 bits per heavy atom. The Morgan fingerprint density at radius 2 is 2.00 bits per heavy atom. The Hall–Kier alpha value is -1.55. The van der Waals surface area contributed by atoms with Gasteiger partial charge in [0.05, 0.1) is 5.56 Å². The number of para-hydroxylation sites is 1. The molecule has 0 saturated carbocycles. The van der Waals surface area contributed by atoms with E-state index in [9.17, 15) is 9.90 Å². The van der Waals surface area contributed by atoms with Crippen molar-refractivity contribution in [3.8, 4) is 0 Å². The van der Waals surface area contributed by atoms with Gasteiger partial charge in [-0.05, 0) is 44.0 Å². The van der Waals surface area contributed by atoms with E-state index in [0.29, 0.717) is 17.5 Å². The molecular formula is C14H18N2O2. The molecule has 0 aromatic heterocycles. The first-order valence-corrected chi connectivity index (χ1v) is 6.55. The van der Waals surface area contributed by atoms with Crippen LogP contribution in [0, 0.1) is 5.92 Å². The molecule has 2 N–H and O–H groups in total. The van der Waals surface area contributed by atoms with Crippen molar-refractivity contribution in [2.45, 2.75) is 18.9 Å². The number of benzene rings is 1. The van der Waals surface area contributed by atoms with Crippen LogP contribution in [0.4, 0.5) is 5.69 Å². The molecule has 0 amide bonds. The molecule has 0 aliphatic carbocycles. The SMILES string of the molecule is O=C(O)c1ccccc1NC1CN2CCC1CC2. The van der Waals surface area contributed by atoms with E-state index in [1.165, 1.54) is 25.9 Å². The number of carbonyl (C=O) groups is 1. The fourth-order valence-corrected chi connectivity index (χ4v) is 3.12. The smallest absolute Gasteiger partial charge is 0.337 e. The molecule has 3 aliphatic heterocycles.